The van der Waals surface area contributed by atoms with Gasteiger partial charge in [-0.05, 0) is 24.7 Å². The summed E-state index contributed by atoms with van der Waals surface area (Å²) in [6.07, 6.45) is 3.52. The van der Waals surface area contributed by atoms with Crippen LogP contribution in [0.4, 0.5) is 0 Å². The summed E-state index contributed by atoms with van der Waals surface area (Å²) in [5.41, 5.74) is 5.91. The first-order valence-electron chi connectivity index (χ1n) is 6.68. The normalized spacial score (nSPS) is 31.2. The Morgan fingerprint density at radius 2 is 1.94 bits per heavy atom. The average Bonchev–Trinajstić information content (AvgIpc) is 2.55. The van der Waals surface area contributed by atoms with Gasteiger partial charge in [-0.2, -0.15) is 0 Å². The van der Waals surface area contributed by atoms with Crippen molar-refractivity contribution in [2.24, 2.45) is 11.1 Å². The number of nitrogens with zero attached hydrogens (tertiary/aromatic N) is 1. The number of likely N-dealkylation sites (tertiary alicyclic amines) is 1. The molecule has 0 aromatic rings. The first kappa shape index (κ1) is 12.8. The van der Waals surface area contributed by atoms with E-state index in [1.54, 1.807) is 0 Å². The number of hydrogen-bond donors (Lipinski definition) is 2. The van der Waals surface area contributed by atoms with Gasteiger partial charge in [0.25, 0.3) is 0 Å². The van der Waals surface area contributed by atoms with Crippen LogP contribution in [0, 0.1) is 5.41 Å². The number of carbonyl (C=O) groups is 1. The minimum absolute atomic E-state index is 0.117. The maximum absolute atomic E-state index is 12.3. The molecule has 1 amide bonds. The van der Waals surface area contributed by atoms with Crippen molar-refractivity contribution >= 4 is 5.91 Å². The molecule has 2 fully saturated rings. The average molecular weight is 239 g/mol. The van der Waals surface area contributed by atoms with E-state index in [1.165, 1.54) is 12.8 Å². The van der Waals surface area contributed by atoms with Gasteiger partial charge >= 0.3 is 0 Å². The lowest BCUT2D eigenvalue weighted by molar-refractivity contribution is -0.135. The molecule has 2 bridgehead atoms. The molecule has 3 atom stereocenters. The minimum Gasteiger partial charge on any atom is -0.340 e. The molecule has 0 saturated carbocycles. The molecule has 2 aliphatic heterocycles. The summed E-state index contributed by atoms with van der Waals surface area (Å²) in [5, 5.41) is 3.58. The van der Waals surface area contributed by atoms with Gasteiger partial charge in [-0.25, -0.2) is 0 Å². The molecule has 3 N–H and O–H groups in total. The number of nitrogens with two attached hydrogens (primary N) is 1. The second-order valence-electron chi connectivity index (χ2n) is 6.55. The van der Waals surface area contributed by atoms with Gasteiger partial charge in [0, 0.05) is 25.2 Å². The monoisotopic (exact) mass is 239 g/mol. The SMILES string of the molecule is CC(C)(C)[C@H](N)C(=O)N1CCC2CCC(C1)N2. The molecule has 0 aromatic heterocycles. The largest absolute Gasteiger partial charge is 0.340 e. The third-order valence-electron chi connectivity index (χ3n) is 4.03. The molecule has 2 unspecified atom stereocenters. The highest BCUT2D eigenvalue weighted by atomic mass is 16.2. The summed E-state index contributed by atoms with van der Waals surface area (Å²) < 4.78 is 0. The Labute approximate surface area is 104 Å². The molecule has 0 aliphatic carbocycles. The van der Waals surface area contributed by atoms with Crippen LogP contribution in [0.3, 0.4) is 0 Å². The number of rotatable bonds is 1. The molecule has 2 rings (SSSR count). The van der Waals surface area contributed by atoms with Crippen LogP contribution >= 0.6 is 0 Å². The molecule has 2 saturated heterocycles. The Hall–Kier alpha value is -0.610. The molecule has 98 valence electrons. The van der Waals surface area contributed by atoms with E-state index in [9.17, 15) is 4.79 Å². The van der Waals surface area contributed by atoms with Crippen LogP contribution in [0.15, 0.2) is 0 Å². The summed E-state index contributed by atoms with van der Waals surface area (Å²) in [6.45, 7) is 7.77. The fourth-order valence-corrected chi connectivity index (χ4v) is 2.71. The maximum atomic E-state index is 12.3. The minimum atomic E-state index is -0.390. The molecular weight excluding hydrogens is 214 g/mol. The van der Waals surface area contributed by atoms with E-state index in [0.717, 1.165) is 19.5 Å². The van der Waals surface area contributed by atoms with Crippen molar-refractivity contribution in [1.29, 1.82) is 0 Å². The molecule has 0 spiro atoms. The van der Waals surface area contributed by atoms with Gasteiger partial charge in [0.15, 0.2) is 0 Å². The smallest absolute Gasteiger partial charge is 0.240 e. The zero-order valence-corrected chi connectivity index (χ0v) is 11.2. The predicted octanol–water partition coefficient (Wildman–Crippen LogP) is 0.713. The van der Waals surface area contributed by atoms with Crippen molar-refractivity contribution in [1.82, 2.24) is 10.2 Å². The Balaban J connectivity index is 2.00. The summed E-state index contributed by atoms with van der Waals surface area (Å²) in [4.78, 5) is 14.3. The van der Waals surface area contributed by atoms with E-state index in [2.05, 4.69) is 5.32 Å². The molecule has 2 heterocycles. The van der Waals surface area contributed by atoms with Gasteiger partial charge in [0.2, 0.25) is 5.91 Å². The highest BCUT2D eigenvalue weighted by Gasteiger charge is 2.35. The standard InChI is InChI=1S/C13H25N3O/c1-13(2,3)11(14)12(17)16-7-6-9-4-5-10(8-16)15-9/h9-11,15H,4-8,14H2,1-3H3/t9?,10?,11-/m1/s1. The fourth-order valence-electron chi connectivity index (χ4n) is 2.71. The Morgan fingerprint density at radius 3 is 2.59 bits per heavy atom. The topological polar surface area (TPSA) is 58.4 Å². The van der Waals surface area contributed by atoms with Crippen LogP contribution in [-0.2, 0) is 4.79 Å². The molecule has 4 heteroatoms. The number of hydrogen-bond acceptors (Lipinski definition) is 3. The van der Waals surface area contributed by atoms with Gasteiger partial charge in [0.1, 0.15) is 0 Å². The van der Waals surface area contributed by atoms with Crippen LogP contribution in [0.5, 0.6) is 0 Å². The van der Waals surface area contributed by atoms with E-state index in [0.29, 0.717) is 12.1 Å². The summed E-state index contributed by atoms with van der Waals surface area (Å²) in [6, 6.07) is 0.710. The predicted molar refractivity (Wildman–Crippen MR) is 68.6 cm³/mol. The first-order valence-corrected chi connectivity index (χ1v) is 6.68. The summed E-state index contributed by atoms with van der Waals surface area (Å²) in [7, 11) is 0. The number of amides is 1. The van der Waals surface area contributed by atoms with E-state index in [1.807, 2.05) is 25.7 Å². The van der Waals surface area contributed by atoms with E-state index < -0.39 is 0 Å². The third-order valence-corrected chi connectivity index (χ3v) is 4.03. The van der Waals surface area contributed by atoms with Gasteiger partial charge in [-0.3, -0.25) is 4.79 Å². The Kier molecular flexibility index (Phi) is 3.46. The lowest BCUT2D eigenvalue weighted by atomic mass is 9.86. The van der Waals surface area contributed by atoms with E-state index in [-0.39, 0.29) is 17.4 Å². The molecule has 2 aliphatic rings. The highest BCUT2D eigenvalue weighted by molar-refractivity contribution is 5.82. The van der Waals surface area contributed by atoms with Crippen LogP contribution in [-0.4, -0.2) is 42.0 Å². The zero-order chi connectivity index (χ0) is 12.6. The summed E-state index contributed by atoms with van der Waals surface area (Å²) >= 11 is 0. The van der Waals surface area contributed by atoms with Crippen molar-refractivity contribution in [3.63, 3.8) is 0 Å². The zero-order valence-electron chi connectivity index (χ0n) is 11.2. The Bertz CT molecular complexity index is 298. The van der Waals surface area contributed by atoms with Crippen molar-refractivity contribution in [2.75, 3.05) is 13.1 Å². The second-order valence-corrected chi connectivity index (χ2v) is 6.55. The summed E-state index contributed by atoms with van der Waals surface area (Å²) in [5.74, 6) is 0.117. The van der Waals surface area contributed by atoms with Crippen LogP contribution in [0.2, 0.25) is 0 Å². The fraction of sp³-hybridized carbons (Fsp3) is 0.923. The number of carbonyl (C=O) groups excluding carboxylic acids is 1. The van der Waals surface area contributed by atoms with Crippen LogP contribution in [0.1, 0.15) is 40.0 Å². The lowest BCUT2D eigenvalue weighted by Crippen LogP contribution is -2.52. The maximum Gasteiger partial charge on any atom is 0.240 e. The molecule has 4 nitrogen and oxygen atoms in total. The van der Waals surface area contributed by atoms with Crippen LogP contribution in [0.25, 0.3) is 0 Å². The van der Waals surface area contributed by atoms with Crippen LogP contribution < -0.4 is 11.1 Å². The molecule has 0 aromatic carbocycles. The van der Waals surface area contributed by atoms with Crippen molar-refractivity contribution in [3.05, 3.63) is 0 Å². The van der Waals surface area contributed by atoms with Gasteiger partial charge < -0.3 is 16.0 Å². The second kappa shape index (κ2) is 4.58. The van der Waals surface area contributed by atoms with Crippen molar-refractivity contribution < 1.29 is 4.79 Å². The number of nitrogens with one attached hydrogen (secondary N) is 1. The molecule has 0 radical (unpaired) electrons. The molecule has 17 heavy (non-hydrogen) atoms. The molecular formula is C13H25N3O. The van der Waals surface area contributed by atoms with Gasteiger partial charge in [0.05, 0.1) is 6.04 Å². The lowest BCUT2D eigenvalue weighted by Gasteiger charge is -2.32. The van der Waals surface area contributed by atoms with Crippen molar-refractivity contribution in [3.8, 4) is 0 Å². The van der Waals surface area contributed by atoms with Gasteiger partial charge in [-0.1, -0.05) is 20.8 Å². The van der Waals surface area contributed by atoms with Crippen molar-refractivity contribution in [2.45, 2.75) is 58.2 Å². The first-order chi connectivity index (χ1) is 7.88. The highest BCUT2D eigenvalue weighted by Crippen LogP contribution is 2.23. The van der Waals surface area contributed by atoms with Gasteiger partial charge in [-0.15, -0.1) is 0 Å². The number of fused-ring (bicyclic) bond motifs is 2. The van der Waals surface area contributed by atoms with E-state index >= 15 is 0 Å². The third kappa shape index (κ3) is 2.80. The van der Waals surface area contributed by atoms with E-state index in [4.69, 9.17) is 5.73 Å². The Morgan fingerprint density at radius 1 is 1.29 bits per heavy atom. The quantitative estimate of drug-likeness (QED) is 0.708.